The molecule has 0 radical (unpaired) electrons. The second kappa shape index (κ2) is 6.46. The topological polar surface area (TPSA) is 75.9 Å². The van der Waals surface area contributed by atoms with Crippen LogP contribution < -0.4 is 5.32 Å². The molecule has 2 aliphatic rings. The number of nitrogens with one attached hydrogen (secondary N) is 1. The van der Waals surface area contributed by atoms with Gasteiger partial charge >= 0.3 is 0 Å². The Morgan fingerprint density at radius 1 is 1.24 bits per heavy atom. The maximum Gasteiger partial charge on any atom is 0.255 e. The van der Waals surface area contributed by atoms with Gasteiger partial charge in [0.15, 0.2) is 0 Å². The largest absolute Gasteiger partial charge is 0.367 e. The first-order chi connectivity index (χ1) is 12.1. The van der Waals surface area contributed by atoms with E-state index in [1.807, 2.05) is 35.6 Å². The first kappa shape index (κ1) is 16.1. The van der Waals surface area contributed by atoms with Crippen LogP contribution in [0.4, 0.5) is 5.82 Å². The normalized spacial score (nSPS) is 20.6. The molecule has 1 N–H and O–H groups in total. The zero-order chi connectivity index (χ0) is 17.4. The number of aromatic nitrogens is 4. The number of pyridine rings is 1. The molecule has 1 aliphatic heterocycles. The van der Waals surface area contributed by atoms with Crippen LogP contribution in [0.5, 0.6) is 0 Å². The second-order valence-electron chi connectivity index (χ2n) is 7.05. The summed E-state index contributed by atoms with van der Waals surface area (Å²) in [5, 5.41) is 7.84. The second-order valence-corrected chi connectivity index (χ2v) is 7.05. The van der Waals surface area contributed by atoms with Crippen LogP contribution in [0.2, 0.25) is 0 Å². The van der Waals surface area contributed by atoms with E-state index in [2.05, 4.69) is 20.4 Å². The van der Waals surface area contributed by atoms with E-state index < -0.39 is 0 Å². The highest BCUT2D eigenvalue weighted by Gasteiger charge is 2.27. The molecule has 3 heterocycles. The number of likely N-dealkylation sites (tertiary alicyclic amines) is 1. The van der Waals surface area contributed by atoms with Crippen molar-refractivity contribution >= 4 is 11.7 Å². The van der Waals surface area contributed by atoms with Gasteiger partial charge in [-0.1, -0.05) is 0 Å². The molecule has 0 unspecified atom stereocenters. The van der Waals surface area contributed by atoms with Gasteiger partial charge in [-0.05, 0) is 51.7 Å². The van der Waals surface area contributed by atoms with Gasteiger partial charge in [-0.15, -0.1) is 0 Å². The van der Waals surface area contributed by atoms with E-state index in [0.29, 0.717) is 18.2 Å². The fourth-order valence-electron chi connectivity index (χ4n) is 3.45. The average Bonchev–Trinajstić information content (AvgIpc) is 3.37. The van der Waals surface area contributed by atoms with Crippen molar-refractivity contribution in [1.82, 2.24) is 24.6 Å². The van der Waals surface area contributed by atoms with Crippen molar-refractivity contribution in [2.24, 2.45) is 0 Å². The molecule has 1 atom stereocenters. The zero-order valence-corrected chi connectivity index (χ0v) is 14.8. The minimum absolute atomic E-state index is 0.0460. The number of rotatable bonds is 4. The third-order valence-electron chi connectivity index (χ3n) is 4.88. The van der Waals surface area contributed by atoms with Crippen LogP contribution in [0.15, 0.2) is 18.3 Å². The predicted molar refractivity (Wildman–Crippen MR) is 94.6 cm³/mol. The summed E-state index contributed by atoms with van der Waals surface area (Å²) in [6.45, 7) is 5.32. The van der Waals surface area contributed by atoms with Crippen molar-refractivity contribution in [3.8, 4) is 0 Å². The number of amides is 1. The van der Waals surface area contributed by atoms with Crippen molar-refractivity contribution in [3.63, 3.8) is 0 Å². The molecule has 2 aromatic rings. The molecule has 132 valence electrons. The van der Waals surface area contributed by atoms with Crippen LogP contribution in [0.3, 0.4) is 0 Å². The van der Waals surface area contributed by atoms with E-state index in [4.69, 9.17) is 0 Å². The fraction of sp³-hybridized carbons (Fsp3) is 0.556. The van der Waals surface area contributed by atoms with Gasteiger partial charge in [0.1, 0.15) is 17.5 Å². The van der Waals surface area contributed by atoms with Gasteiger partial charge in [0.25, 0.3) is 5.91 Å². The minimum Gasteiger partial charge on any atom is -0.367 e. The van der Waals surface area contributed by atoms with Crippen LogP contribution in [0.25, 0.3) is 0 Å². The molecule has 0 bridgehead atoms. The SMILES string of the molecule is Cc1nc(C)n([C@H]2CCCN(C(=O)c3ccc(NC4CC4)nc3)C2)n1. The van der Waals surface area contributed by atoms with Gasteiger partial charge in [-0.2, -0.15) is 5.10 Å². The molecule has 0 aromatic carbocycles. The summed E-state index contributed by atoms with van der Waals surface area (Å²) < 4.78 is 1.97. The Hall–Kier alpha value is -2.44. The number of anilines is 1. The van der Waals surface area contributed by atoms with Crippen LogP contribution in [-0.2, 0) is 0 Å². The molecule has 2 aromatic heterocycles. The van der Waals surface area contributed by atoms with Crippen molar-refractivity contribution in [1.29, 1.82) is 0 Å². The summed E-state index contributed by atoms with van der Waals surface area (Å²) in [6, 6.07) is 4.53. The first-order valence-electron chi connectivity index (χ1n) is 9.02. The highest BCUT2D eigenvalue weighted by Crippen LogP contribution is 2.25. The minimum atomic E-state index is 0.0460. The summed E-state index contributed by atoms with van der Waals surface area (Å²) >= 11 is 0. The molecule has 25 heavy (non-hydrogen) atoms. The average molecular weight is 340 g/mol. The third kappa shape index (κ3) is 3.50. The summed E-state index contributed by atoms with van der Waals surface area (Å²) in [6.07, 6.45) is 6.10. The Labute approximate surface area is 147 Å². The predicted octanol–water partition coefficient (Wildman–Crippen LogP) is 2.34. The Balaban J connectivity index is 1.44. The van der Waals surface area contributed by atoms with E-state index in [9.17, 15) is 4.79 Å². The fourth-order valence-corrected chi connectivity index (χ4v) is 3.45. The highest BCUT2D eigenvalue weighted by atomic mass is 16.2. The standard InChI is InChI=1S/C18H24N6O/c1-12-20-13(2)24(22-12)16-4-3-9-23(11-16)18(25)14-5-8-17(19-10-14)21-15-6-7-15/h5,8,10,15-16H,3-4,6-7,9,11H2,1-2H3,(H,19,21)/t16-/m0/s1. The molecular weight excluding hydrogens is 316 g/mol. The lowest BCUT2D eigenvalue weighted by atomic mass is 10.0. The molecular formula is C18H24N6O. The monoisotopic (exact) mass is 340 g/mol. The number of hydrogen-bond acceptors (Lipinski definition) is 5. The number of carbonyl (C=O) groups excluding carboxylic acids is 1. The van der Waals surface area contributed by atoms with E-state index in [-0.39, 0.29) is 11.9 Å². The van der Waals surface area contributed by atoms with Crippen LogP contribution in [-0.4, -0.2) is 49.7 Å². The molecule has 7 nitrogen and oxygen atoms in total. The number of piperidine rings is 1. The van der Waals surface area contributed by atoms with Crippen LogP contribution in [0.1, 0.15) is 53.7 Å². The smallest absolute Gasteiger partial charge is 0.255 e. The molecule has 1 saturated carbocycles. The Morgan fingerprint density at radius 2 is 2.08 bits per heavy atom. The number of aryl methyl sites for hydroxylation is 2. The van der Waals surface area contributed by atoms with Gasteiger partial charge < -0.3 is 10.2 Å². The molecule has 1 saturated heterocycles. The molecule has 1 amide bonds. The molecule has 1 aliphatic carbocycles. The Bertz CT molecular complexity index is 764. The van der Waals surface area contributed by atoms with Gasteiger partial charge in [-0.3, -0.25) is 4.79 Å². The van der Waals surface area contributed by atoms with Crippen molar-refractivity contribution in [3.05, 3.63) is 35.5 Å². The summed E-state index contributed by atoms with van der Waals surface area (Å²) in [5.74, 6) is 2.59. The van der Waals surface area contributed by atoms with E-state index in [1.165, 1.54) is 12.8 Å². The Morgan fingerprint density at radius 3 is 2.72 bits per heavy atom. The van der Waals surface area contributed by atoms with Gasteiger partial charge in [0.05, 0.1) is 11.6 Å². The van der Waals surface area contributed by atoms with Crippen LogP contribution >= 0.6 is 0 Å². The summed E-state index contributed by atoms with van der Waals surface area (Å²) in [5.41, 5.74) is 0.647. The van der Waals surface area contributed by atoms with Gasteiger partial charge in [0, 0.05) is 25.3 Å². The summed E-state index contributed by atoms with van der Waals surface area (Å²) in [4.78, 5) is 23.5. The van der Waals surface area contributed by atoms with E-state index in [1.54, 1.807) is 6.20 Å². The molecule has 0 spiro atoms. The van der Waals surface area contributed by atoms with E-state index in [0.717, 1.165) is 36.9 Å². The number of nitrogens with zero attached hydrogens (tertiary/aromatic N) is 5. The Kier molecular flexibility index (Phi) is 4.15. The van der Waals surface area contributed by atoms with Crippen molar-refractivity contribution < 1.29 is 4.79 Å². The third-order valence-corrected chi connectivity index (χ3v) is 4.88. The quantitative estimate of drug-likeness (QED) is 0.924. The lowest BCUT2D eigenvalue weighted by Gasteiger charge is -2.33. The van der Waals surface area contributed by atoms with Crippen LogP contribution in [0, 0.1) is 13.8 Å². The van der Waals surface area contributed by atoms with Gasteiger partial charge in [-0.25, -0.2) is 14.6 Å². The number of carbonyl (C=O) groups is 1. The molecule has 2 fully saturated rings. The zero-order valence-electron chi connectivity index (χ0n) is 14.8. The molecule has 4 rings (SSSR count). The first-order valence-corrected chi connectivity index (χ1v) is 9.02. The maximum atomic E-state index is 12.8. The summed E-state index contributed by atoms with van der Waals surface area (Å²) in [7, 11) is 0. The highest BCUT2D eigenvalue weighted by molar-refractivity contribution is 5.94. The maximum absolute atomic E-state index is 12.8. The van der Waals surface area contributed by atoms with E-state index >= 15 is 0 Å². The van der Waals surface area contributed by atoms with Crippen molar-refractivity contribution in [2.75, 3.05) is 18.4 Å². The van der Waals surface area contributed by atoms with Gasteiger partial charge in [0.2, 0.25) is 0 Å². The lowest BCUT2D eigenvalue weighted by molar-refractivity contribution is 0.0671. The number of hydrogen-bond donors (Lipinski definition) is 1. The lowest BCUT2D eigenvalue weighted by Crippen LogP contribution is -2.41. The molecule has 7 heteroatoms. The van der Waals surface area contributed by atoms with Crippen molar-refractivity contribution in [2.45, 2.75) is 51.6 Å².